The number of hydrogen-bond donors (Lipinski definition) is 2. The minimum atomic E-state index is -0.418. The Bertz CT molecular complexity index is 686. The predicted octanol–water partition coefficient (Wildman–Crippen LogP) is 4.91. The van der Waals surface area contributed by atoms with Crippen molar-refractivity contribution in [3.05, 3.63) is 56.5 Å². The van der Waals surface area contributed by atoms with Gasteiger partial charge in [-0.25, -0.2) is 0 Å². The third-order valence-corrected chi connectivity index (χ3v) is 3.85. The summed E-state index contributed by atoms with van der Waals surface area (Å²) in [4.78, 5) is 12.1. The summed E-state index contributed by atoms with van der Waals surface area (Å²) in [5.74, 6) is -0.473. The molecule has 0 fully saturated rings. The van der Waals surface area contributed by atoms with Crippen LogP contribution in [0.25, 0.3) is 0 Å². The molecule has 1 amide bonds. The molecule has 0 aliphatic heterocycles. The Morgan fingerprint density at radius 3 is 2.40 bits per heavy atom. The van der Waals surface area contributed by atoms with Crippen LogP contribution in [-0.4, -0.2) is 11.0 Å². The standard InChI is InChI=1S/C14H10Cl3NO2/c1-7-4-13(19)12(6-10(7)16)18-14(20)8-2-3-9(15)11(17)5-8/h2-6,19H,1H3,(H,18,20). The summed E-state index contributed by atoms with van der Waals surface area (Å²) in [6.45, 7) is 1.76. The van der Waals surface area contributed by atoms with Crippen LogP contribution in [0.3, 0.4) is 0 Å². The van der Waals surface area contributed by atoms with Gasteiger partial charge in [-0.3, -0.25) is 4.79 Å². The number of aromatic hydroxyl groups is 1. The van der Waals surface area contributed by atoms with Crippen LogP contribution < -0.4 is 5.32 Å². The topological polar surface area (TPSA) is 49.3 Å². The average Bonchev–Trinajstić information content (AvgIpc) is 2.39. The lowest BCUT2D eigenvalue weighted by molar-refractivity contribution is 0.102. The number of carbonyl (C=O) groups is 1. The van der Waals surface area contributed by atoms with Gasteiger partial charge in [0.15, 0.2) is 0 Å². The van der Waals surface area contributed by atoms with E-state index >= 15 is 0 Å². The van der Waals surface area contributed by atoms with E-state index in [0.29, 0.717) is 15.6 Å². The molecule has 0 radical (unpaired) electrons. The second kappa shape index (κ2) is 5.92. The highest BCUT2D eigenvalue weighted by atomic mass is 35.5. The molecule has 2 aromatic carbocycles. The summed E-state index contributed by atoms with van der Waals surface area (Å²) in [5.41, 5.74) is 1.28. The zero-order valence-corrected chi connectivity index (χ0v) is 12.6. The zero-order chi connectivity index (χ0) is 14.9. The monoisotopic (exact) mass is 329 g/mol. The molecule has 20 heavy (non-hydrogen) atoms. The number of rotatable bonds is 2. The van der Waals surface area contributed by atoms with E-state index in [1.807, 2.05) is 0 Å². The van der Waals surface area contributed by atoms with E-state index in [0.717, 1.165) is 5.56 Å². The Morgan fingerprint density at radius 2 is 1.75 bits per heavy atom. The van der Waals surface area contributed by atoms with Gasteiger partial charge in [-0.05, 0) is 42.8 Å². The fraction of sp³-hybridized carbons (Fsp3) is 0.0714. The number of amides is 1. The molecular weight excluding hydrogens is 321 g/mol. The summed E-state index contributed by atoms with van der Waals surface area (Å²) >= 11 is 17.6. The third-order valence-electron chi connectivity index (χ3n) is 2.71. The van der Waals surface area contributed by atoms with Gasteiger partial charge in [-0.1, -0.05) is 34.8 Å². The Kier molecular flexibility index (Phi) is 4.43. The molecule has 0 aromatic heterocycles. The van der Waals surface area contributed by atoms with Gasteiger partial charge in [0.1, 0.15) is 5.75 Å². The van der Waals surface area contributed by atoms with Crippen LogP contribution in [0.2, 0.25) is 15.1 Å². The van der Waals surface area contributed by atoms with Crippen LogP contribution in [0, 0.1) is 6.92 Å². The number of phenols is 1. The van der Waals surface area contributed by atoms with Crippen molar-refractivity contribution in [1.82, 2.24) is 0 Å². The zero-order valence-electron chi connectivity index (χ0n) is 10.4. The van der Waals surface area contributed by atoms with E-state index in [4.69, 9.17) is 34.8 Å². The quantitative estimate of drug-likeness (QED) is 0.768. The molecular formula is C14H10Cl3NO2. The maximum atomic E-state index is 12.1. The molecule has 0 spiro atoms. The van der Waals surface area contributed by atoms with E-state index in [2.05, 4.69) is 5.32 Å². The van der Waals surface area contributed by atoms with Crippen molar-refractivity contribution in [2.75, 3.05) is 5.32 Å². The van der Waals surface area contributed by atoms with E-state index in [1.165, 1.54) is 30.3 Å². The maximum Gasteiger partial charge on any atom is 0.255 e. The molecule has 0 saturated carbocycles. The molecule has 0 unspecified atom stereocenters. The van der Waals surface area contributed by atoms with E-state index < -0.39 is 5.91 Å². The van der Waals surface area contributed by atoms with Crippen LogP contribution in [0.1, 0.15) is 15.9 Å². The van der Waals surface area contributed by atoms with Crippen molar-refractivity contribution in [3.8, 4) is 5.75 Å². The summed E-state index contributed by atoms with van der Waals surface area (Å²) in [6.07, 6.45) is 0. The molecule has 2 aromatic rings. The molecule has 0 aliphatic carbocycles. The highest BCUT2D eigenvalue weighted by molar-refractivity contribution is 6.42. The van der Waals surface area contributed by atoms with Crippen LogP contribution >= 0.6 is 34.8 Å². The Hall–Kier alpha value is -1.42. The van der Waals surface area contributed by atoms with E-state index in [9.17, 15) is 9.90 Å². The Morgan fingerprint density at radius 1 is 1.05 bits per heavy atom. The van der Waals surface area contributed by atoms with Gasteiger partial charge in [-0.15, -0.1) is 0 Å². The predicted molar refractivity (Wildman–Crippen MR) is 82.3 cm³/mol. The average molecular weight is 331 g/mol. The number of anilines is 1. The van der Waals surface area contributed by atoms with E-state index in [1.54, 1.807) is 6.92 Å². The lowest BCUT2D eigenvalue weighted by Gasteiger charge is -2.10. The summed E-state index contributed by atoms with van der Waals surface area (Å²) < 4.78 is 0. The van der Waals surface area contributed by atoms with Crippen LogP contribution in [0.4, 0.5) is 5.69 Å². The summed E-state index contributed by atoms with van der Waals surface area (Å²) in [5, 5.41) is 13.5. The number of nitrogens with one attached hydrogen (secondary N) is 1. The highest BCUT2D eigenvalue weighted by Gasteiger charge is 2.12. The second-order valence-corrected chi connectivity index (χ2v) is 5.42. The lowest BCUT2D eigenvalue weighted by Crippen LogP contribution is -2.12. The van der Waals surface area contributed by atoms with Gasteiger partial charge in [0.2, 0.25) is 0 Å². The van der Waals surface area contributed by atoms with Crippen molar-refractivity contribution in [1.29, 1.82) is 0 Å². The van der Waals surface area contributed by atoms with Crippen molar-refractivity contribution in [2.24, 2.45) is 0 Å². The smallest absolute Gasteiger partial charge is 0.255 e. The van der Waals surface area contributed by atoms with Gasteiger partial charge < -0.3 is 10.4 Å². The minimum absolute atomic E-state index is 0.0553. The maximum absolute atomic E-state index is 12.1. The lowest BCUT2D eigenvalue weighted by atomic mass is 10.1. The first kappa shape index (κ1) is 15.0. The van der Waals surface area contributed by atoms with Crippen LogP contribution in [0.15, 0.2) is 30.3 Å². The molecule has 2 N–H and O–H groups in total. The number of hydrogen-bond acceptors (Lipinski definition) is 2. The molecule has 2 rings (SSSR count). The largest absolute Gasteiger partial charge is 0.506 e. The van der Waals surface area contributed by atoms with E-state index in [-0.39, 0.29) is 16.5 Å². The normalized spacial score (nSPS) is 10.4. The Balaban J connectivity index is 2.27. The molecule has 0 atom stereocenters. The first-order valence-corrected chi connectivity index (χ1v) is 6.77. The molecule has 0 bridgehead atoms. The number of aryl methyl sites for hydroxylation is 1. The summed E-state index contributed by atoms with van der Waals surface area (Å²) in [7, 11) is 0. The minimum Gasteiger partial charge on any atom is -0.506 e. The first-order chi connectivity index (χ1) is 9.38. The number of halogens is 3. The molecule has 0 aliphatic rings. The molecule has 6 heteroatoms. The van der Waals surface area contributed by atoms with Gasteiger partial charge in [0.05, 0.1) is 15.7 Å². The number of benzene rings is 2. The fourth-order valence-electron chi connectivity index (χ4n) is 1.60. The van der Waals surface area contributed by atoms with Gasteiger partial charge in [0, 0.05) is 10.6 Å². The third kappa shape index (κ3) is 3.18. The molecule has 104 valence electrons. The van der Waals surface area contributed by atoms with Crippen LogP contribution in [-0.2, 0) is 0 Å². The number of carbonyl (C=O) groups excluding carboxylic acids is 1. The van der Waals surface area contributed by atoms with Gasteiger partial charge in [-0.2, -0.15) is 0 Å². The summed E-state index contributed by atoms with van der Waals surface area (Å²) in [6, 6.07) is 7.48. The van der Waals surface area contributed by atoms with Crippen molar-refractivity contribution >= 4 is 46.4 Å². The molecule has 0 heterocycles. The van der Waals surface area contributed by atoms with Gasteiger partial charge in [0.25, 0.3) is 5.91 Å². The van der Waals surface area contributed by atoms with Crippen molar-refractivity contribution in [3.63, 3.8) is 0 Å². The SMILES string of the molecule is Cc1cc(O)c(NC(=O)c2ccc(Cl)c(Cl)c2)cc1Cl. The Labute approximate surface area is 131 Å². The fourth-order valence-corrected chi connectivity index (χ4v) is 2.06. The second-order valence-electron chi connectivity index (χ2n) is 4.20. The molecule has 0 saturated heterocycles. The van der Waals surface area contributed by atoms with Crippen molar-refractivity contribution < 1.29 is 9.90 Å². The van der Waals surface area contributed by atoms with Crippen LogP contribution in [0.5, 0.6) is 5.75 Å². The molecule has 3 nitrogen and oxygen atoms in total. The first-order valence-electron chi connectivity index (χ1n) is 5.64. The van der Waals surface area contributed by atoms with Gasteiger partial charge >= 0.3 is 0 Å². The number of phenolic OH excluding ortho intramolecular Hbond substituents is 1. The highest BCUT2D eigenvalue weighted by Crippen LogP contribution is 2.30. The van der Waals surface area contributed by atoms with Crippen molar-refractivity contribution in [2.45, 2.75) is 6.92 Å².